The zero-order chi connectivity index (χ0) is 18.2. The third-order valence-corrected chi connectivity index (χ3v) is 5.79. The second kappa shape index (κ2) is 9.76. The fourth-order valence-electron chi connectivity index (χ4n) is 4.11. The highest BCUT2D eigenvalue weighted by Gasteiger charge is 2.18. The molecule has 0 amide bonds. The molecule has 0 radical (unpaired) electrons. The van der Waals surface area contributed by atoms with Gasteiger partial charge in [0, 0.05) is 11.8 Å². The summed E-state index contributed by atoms with van der Waals surface area (Å²) in [5, 5.41) is 0. The third-order valence-electron chi connectivity index (χ3n) is 5.79. The Morgan fingerprint density at radius 1 is 0.615 bits per heavy atom. The summed E-state index contributed by atoms with van der Waals surface area (Å²) >= 11 is 0. The van der Waals surface area contributed by atoms with Crippen LogP contribution < -0.4 is 0 Å². The molecule has 0 saturated carbocycles. The van der Waals surface area contributed by atoms with Crippen LogP contribution in [0, 0.1) is 0 Å². The molecule has 2 atom stereocenters. The molecule has 0 aliphatic heterocycles. The number of unbranched alkanes of at least 4 members (excludes halogenated alkanes) is 2. The predicted octanol–water partition coefficient (Wildman–Crippen LogP) is 7.59. The van der Waals surface area contributed by atoms with E-state index >= 15 is 0 Å². The van der Waals surface area contributed by atoms with Crippen molar-refractivity contribution < 1.29 is 0 Å². The van der Waals surface area contributed by atoms with Crippen LogP contribution >= 0.6 is 0 Å². The SMILES string of the molecule is CCCCCc1ccc(C2C=CC(c3ccc(CCC)cc3)CC2)cc1. The average Bonchev–Trinajstić information content (AvgIpc) is 2.70. The highest BCUT2D eigenvalue weighted by atomic mass is 14.2. The third kappa shape index (κ3) is 5.10. The molecule has 26 heavy (non-hydrogen) atoms. The van der Waals surface area contributed by atoms with Crippen molar-refractivity contribution in [2.45, 2.75) is 77.0 Å². The molecule has 3 rings (SSSR count). The number of rotatable bonds is 8. The molecule has 0 heterocycles. The van der Waals surface area contributed by atoms with Crippen molar-refractivity contribution in [3.63, 3.8) is 0 Å². The van der Waals surface area contributed by atoms with Gasteiger partial charge in [-0.3, -0.25) is 0 Å². The Kier molecular flexibility index (Phi) is 7.12. The van der Waals surface area contributed by atoms with E-state index in [0.717, 1.165) is 0 Å². The first-order valence-corrected chi connectivity index (χ1v) is 10.7. The summed E-state index contributed by atoms with van der Waals surface area (Å²) in [6, 6.07) is 18.7. The topological polar surface area (TPSA) is 0 Å². The molecule has 1 aliphatic carbocycles. The largest absolute Gasteiger partial charge is 0.0804 e. The van der Waals surface area contributed by atoms with E-state index in [1.807, 2.05) is 0 Å². The Morgan fingerprint density at radius 2 is 1.12 bits per heavy atom. The fraction of sp³-hybridized carbons (Fsp3) is 0.462. The maximum absolute atomic E-state index is 2.44. The zero-order valence-corrected chi connectivity index (χ0v) is 16.6. The minimum atomic E-state index is 0.593. The summed E-state index contributed by atoms with van der Waals surface area (Å²) < 4.78 is 0. The Hall–Kier alpha value is -1.82. The van der Waals surface area contributed by atoms with Crippen LogP contribution in [0.1, 0.15) is 86.5 Å². The number of benzene rings is 2. The number of allylic oxidation sites excluding steroid dienone is 2. The average molecular weight is 347 g/mol. The van der Waals surface area contributed by atoms with Gasteiger partial charge >= 0.3 is 0 Å². The Balaban J connectivity index is 1.58. The molecular formula is C26H34. The van der Waals surface area contributed by atoms with Gasteiger partial charge in [-0.15, -0.1) is 0 Å². The Bertz CT molecular complexity index is 675. The minimum absolute atomic E-state index is 0.593. The van der Waals surface area contributed by atoms with Crippen LogP contribution in [0.4, 0.5) is 0 Å². The van der Waals surface area contributed by atoms with E-state index in [-0.39, 0.29) is 0 Å². The first-order valence-electron chi connectivity index (χ1n) is 10.7. The van der Waals surface area contributed by atoms with E-state index in [4.69, 9.17) is 0 Å². The summed E-state index contributed by atoms with van der Waals surface area (Å²) in [7, 11) is 0. The molecule has 0 spiro atoms. The Labute approximate surface area is 160 Å². The van der Waals surface area contributed by atoms with Gasteiger partial charge < -0.3 is 0 Å². The molecular weight excluding hydrogens is 312 g/mol. The van der Waals surface area contributed by atoms with Crippen LogP contribution in [0.2, 0.25) is 0 Å². The number of hydrogen-bond donors (Lipinski definition) is 0. The molecule has 0 aromatic heterocycles. The van der Waals surface area contributed by atoms with Gasteiger partial charge in [0.1, 0.15) is 0 Å². The fourth-order valence-corrected chi connectivity index (χ4v) is 4.11. The van der Waals surface area contributed by atoms with E-state index in [9.17, 15) is 0 Å². The van der Waals surface area contributed by atoms with Gasteiger partial charge in [-0.05, 0) is 54.4 Å². The minimum Gasteiger partial charge on any atom is -0.0804 e. The smallest absolute Gasteiger partial charge is 0.00185 e. The lowest BCUT2D eigenvalue weighted by Crippen LogP contribution is -2.07. The van der Waals surface area contributed by atoms with Gasteiger partial charge in [-0.25, -0.2) is 0 Å². The first kappa shape index (κ1) is 19.0. The number of hydrogen-bond acceptors (Lipinski definition) is 0. The number of aryl methyl sites for hydroxylation is 2. The lowest BCUT2D eigenvalue weighted by molar-refractivity contribution is 0.600. The highest BCUT2D eigenvalue weighted by molar-refractivity contribution is 5.33. The lowest BCUT2D eigenvalue weighted by Gasteiger charge is -2.24. The maximum Gasteiger partial charge on any atom is 0.00185 e. The van der Waals surface area contributed by atoms with Gasteiger partial charge in [0.2, 0.25) is 0 Å². The van der Waals surface area contributed by atoms with Crippen molar-refractivity contribution in [3.05, 3.63) is 82.9 Å². The summed E-state index contributed by atoms with van der Waals surface area (Å²) in [6.45, 7) is 4.51. The van der Waals surface area contributed by atoms with Gasteiger partial charge in [0.15, 0.2) is 0 Å². The van der Waals surface area contributed by atoms with E-state index in [1.54, 1.807) is 0 Å². The van der Waals surface area contributed by atoms with Crippen molar-refractivity contribution >= 4 is 0 Å². The molecule has 0 heteroatoms. The lowest BCUT2D eigenvalue weighted by atomic mass is 9.81. The van der Waals surface area contributed by atoms with Gasteiger partial charge in [-0.2, -0.15) is 0 Å². The second-order valence-corrected chi connectivity index (χ2v) is 7.87. The van der Waals surface area contributed by atoms with E-state index in [1.165, 1.54) is 73.6 Å². The molecule has 0 nitrogen and oxygen atoms in total. The first-order chi connectivity index (χ1) is 12.8. The predicted molar refractivity (Wildman–Crippen MR) is 114 cm³/mol. The van der Waals surface area contributed by atoms with Crippen LogP contribution in [-0.4, -0.2) is 0 Å². The summed E-state index contributed by atoms with van der Waals surface area (Å²) in [4.78, 5) is 0. The van der Waals surface area contributed by atoms with Crippen molar-refractivity contribution in [2.24, 2.45) is 0 Å². The van der Waals surface area contributed by atoms with Gasteiger partial charge in [0.25, 0.3) is 0 Å². The van der Waals surface area contributed by atoms with Crippen LogP contribution in [0.5, 0.6) is 0 Å². The van der Waals surface area contributed by atoms with E-state index < -0.39 is 0 Å². The van der Waals surface area contributed by atoms with Crippen LogP contribution in [0.15, 0.2) is 60.7 Å². The molecule has 1 aliphatic rings. The van der Waals surface area contributed by atoms with Crippen molar-refractivity contribution in [2.75, 3.05) is 0 Å². The maximum atomic E-state index is 2.44. The molecule has 0 saturated heterocycles. The van der Waals surface area contributed by atoms with Gasteiger partial charge in [-0.1, -0.05) is 93.8 Å². The van der Waals surface area contributed by atoms with Crippen LogP contribution in [0.3, 0.4) is 0 Å². The Morgan fingerprint density at radius 3 is 1.54 bits per heavy atom. The highest BCUT2D eigenvalue weighted by Crippen LogP contribution is 2.35. The van der Waals surface area contributed by atoms with Crippen LogP contribution in [-0.2, 0) is 12.8 Å². The van der Waals surface area contributed by atoms with Crippen molar-refractivity contribution in [1.29, 1.82) is 0 Å². The molecule has 2 aromatic carbocycles. The van der Waals surface area contributed by atoms with Crippen molar-refractivity contribution in [3.8, 4) is 0 Å². The monoisotopic (exact) mass is 346 g/mol. The van der Waals surface area contributed by atoms with Gasteiger partial charge in [0.05, 0.1) is 0 Å². The standard InChI is InChI=1S/C26H34/c1-3-5-6-8-22-11-15-24(16-12-22)26-19-17-25(18-20-26)23-13-9-21(7-4-2)10-14-23/h9-17,19,25-26H,3-8,18,20H2,1-2H3. The van der Waals surface area contributed by atoms with Crippen molar-refractivity contribution in [1.82, 2.24) is 0 Å². The van der Waals surface area contributed by atoms with E-state index in [2.05, 4.69) is 74.5 Å². The summed E-state index contributed by atoms with van der Waals surface area (Å²) in [6.07, 6.45) is 15.0. The molecule has 0 bridgehead atoms. The quantitative estimate of drug-likeness (QED) is 0.341. The molecule has 0 fully saturated rings. The molecule has 0 N–H and O–H groups in total. The second-order valence-electron chi connectivity index (χ2n) is 7.87. The molecule has 2 aromatic rings. The summed E-state index contributed by atoms with van der Waals surface area (Å²) in [5.41, 5.74) is 5.92. The zero-order valence-electron chi connectivity index (χ0n) is 16.6. The molecule has 138 valence electrons. The van der Waals surface area contributed by atoms with E-state index in [0.29, 0.717) is 11.8 Å². The van der Waals surface area contributed by atoms with Crippen LogP contribution in [0.25, 0.3) is 0 Å². The molecule has 2 unspecified atom stereocenters. The summed E-state index contributed by atoms with van der Waals surface area (Å²) in [5.74, 6) is 1.19. The normalized spacial score (nSPS) is 19.6.